The molecule has 0 heterocycles. The molecule has 1 unspecified atom stereocenters. The number of hydrogen-bond acceptors (Lipinski definition) is 7. The molecule has 32 heavy (non-hydrogen) atoms. The van der Waals surface area contributed by atoms with E-state index >= 15 is 8.78 Å². The highest BCUT2D eigenvalue weighted by atomic mass is 19.3. The van der Waals surface area contributed by atoms with Crippen LogP contribution in [0.15, 0.2) is 42.2 Å². The molecule has 0 aromatic heterocycles. The van der Waals surface area contributed by atoms with Crippen LogP contribution in [0.5, 0.6) is 0 Å². The molecule has 0 aliphatic carbocycles. The third kappa shape index (κ3) is 9.61. The molecular weight excluding hydrogens is 428 g/mol. The number of carbonyl (C=O) groups excluding carboxylic acids is 2. The molecule has 0 saturated heterocycles. The van der Waals surface area contributed by atoms with Crippen molar-refractivity contribution in [1.29, 1.82) is 0 Å². The van der Waals surface area contributed by atoms with E-state index in [1.807, 2.05) is 5.32 Å². The van der Waals surface area contributed by atoms with Crippen molar-refractivity contribution in [2.24, 2.45) is 5.41 Å². The number of esters is 1. The van der Waals surface area contributed by atoms with Gasteiger partial charge in [-0.1, -0.05) is 51.1 Å². The van der Waals surface area contributed by atoms with Crippen LogP contribution in [0.2, 0.25) is 0 Å². The second-order valence-electron chi connectivity index (χ2n) is 7.82. The fourth-order valence-electron chi connectivity index (χ4n) is 2.37. The minimum atomic E-state index is -3.96. The van der Waals surface area contributed by atoms with Crippen LogP contribution in [0.1, 0.15) is 26.3 Å². The standard InChI is InChI=1S/C22H31F2NO7/c1-21(2,3)13-17(32-15-30-12-11-28-4)22(23,24)18(19(26)29-5)25-20(27)31-14-16-9-7-6-8-10-16/h6-10,13,18H,11-12,14-15H2,1-5H3,(H,25,27)/b17-13-. The SMILES string of the molecule is COCCOCO/C(=C\C(C)(C)C)C(F)(F)C(NC(=O)OCc1ccccc1)C(=O)OC. The molecule has 10 heteroatoms. The van der Waals surface area contributed by atoms with Crippen LogP contribution in [0.25, 0.3) is 0 Å². The molecule has 1 amide bonds. The Labute approximate surface area is 186 Å². The van der Waals surface area contributed by atoms with E-state index in [-0.39, 0.29) is 19.8 Å². The lowest BCUT2D eigenvalue weighted by Gasteiger charge is -2.29. The van der Waals surface area contributed by atoms with E-state index in [4.69, 9.17) is 18.9 Å². The van der Waals surface area contributed by atoms with Gasteiger partial charge in [-0.05, 0) is 17.1 Å². The number of benzene rings is 1. The topological polar surface area (TPSA) is 92.3 Å². The van der Waals surface area contributed by atoms with E-state index in [1.54, 1.807) is 51.1 Å². The van der Waals surface area contributed by atoms with Gasteiger partial charge in [0.1, 0.15) is 6.61 Å². The van der Waals surface area contributed by atoms with Crippen molar-refractivity contribution in [2.45, 2.75) is 39.3 Å². The van der Waals surface area contributed by atoms with Crippen LogP contribution in [0.3, 0.4) is 0 Å². The third-order valence-corrected chi connectivity index (χ3v) is 3.90. The summed E-state index contributed by atoms with van der Waals surface area (Å²) >= 11 is 0. The summed E-state index contributed by atoms with van der Waals surface area (Å²) in [5.41, 5.74) is -0.0892. The Hall–Kier alpha value is -2.72. The van der Waals surface area contributed by atoms with E-state index in [1.165, 1.54) is 7.11 Å². The number of methoxy groups -OCH3 is 2. The first-order valence-electron chi connectivity index (χ1n) is 9.87. The molecule has 0 bridgehead atoms. The van der Waals surface area contributed by atoms with Gasteiger partial charge in [-0.3, -0.25) is 0 Å². The molecule has 0 saturated carbocycles. The maximum Gasteiger partial charge on any atom is 0.408 e. The number of alkyl carbamates (subject to hydrolysis) is 1. The molecule has 1 atom stereocenters. The quantitative estimate of drug-likeness (QED) is 0.221. The van der Waals surface area contributed by atoms with Gasteiger partial charge in [-0.15, -0.1) is 0 Å². The van der Waals surface area contributed by atoms with Crippen molar-refractivity contribution in [2.75, 3.05) is 34.2 Å². The minimum Gasteiger partial charge on any atom is -0.467 e. The number of hydrogen-bond donors (Lipinski definition) is 1. The van der Waals surface area contributed by atoms with Crippen LogP contribution in [0, 0.1) is 5.41 Å². The van der Waals surface area contributed by atoms with Gasteiger partial charge in [0, 0.05) is 7.11 Å². The first-order valence-corrected chi connectivity index (χ1v) is 9.87. The Bertz CT molecular complexity index is 748. The summed E-state index contributed by atoms with van der Waals surface area (Å²) < 4.78 is 55.3. The molecule has 180 valence electrons. The largest absolute Gasteiger partial charge is 0.467 e. The van der Waals surface area contributed by atoms with E-state index in [2.05, 4.69) is 4.74 Å². The third-order valence-electron chi connectivity index (χ3n) is 3.90. The average molecular weight is 459 g/mol. The molecule has 0 radical (unpaired) electrons. The van der Waals surface area contributed by atoms with Crippen molar-refractivity contribution in [3.05, 3.63) is 47.7 Å². The Kier molecular flexibility index (Phi) is 11.1. The van der Waals surface area contributed by atoms with Gasteiger partial charge in [0.2, 0.25) is 6.04 Å². The molecule has 0 spiro atoms. The van der Waals surface area contributed by atoms with Crippen LogP contribution < -0.4 is 5.32 Å². The van der Waals surface area contributed by atoms with E-state index in [0.29, 0.717) is 5.56 Å². The zero-order chi connectivity index (χ0) is 24.2. The summed E-state index contributed by atoms with van der Waals surface area (Å²) in [4.78, 5) is 24.3. The number of ether oxygens (including phenoxy) is 5. The molecule has 1 rings (SSSR count). The van der Waals surface area contributed by atoms with Crippen molar-refractivity contribution in [3.8, 4) is 0 Å². The molecule has 0 aliphatic rings. The van der Waals surface area contributed by atoms with Gasteiger partial charge in [0.25, 0.3) is 0 Å². The Morgan fingerprint density at radius 3 is 2.28 bits per heavy atom. The van der Waals surface area contributed by atoms with Gasteiger partial charge in [0.15, 0.2) is 12.6 Å². The van der Waals surface area contributed by atoms with Crippen LogP contribution in [-0.4, -0.2) is 58.3 Å². The summed E-state index contributed by atoms with van der Waals surface area (Å²) in [6, 6.07) is 6.25. The maximum atomic E-state index is 15.4. The fourth-order valence-corrected chi connectivity index (χ4v) is 2.37. The van der Waals surface area contributed by atoms with Gasteiger partial charge in [0.05, 0.1) is 20.3 Å². The zero-order valence-electron chi connectivity index (χ0n) is 19.0. The summed E-state index contributed by atoms with van der Waals surface area (Å²) in [6.45, 7) is 4.72. The molecule has 1 aromatic rings. The summed E-state index contributed by atoms with van der Waals surface area (Å²) in [7, 11) is 2.40. The number of nitrogens with one attached hydrogen (secondary N) is 1. The first-order chi connectivity index (χ1) is 15.0. The smallest absolute Gasteiger partial charge is 0.408 e. The monoisotopic (exact) mass is 459 g/mol. The molecule has 1 N–H and O–H groups in total. The van der Waals surface area contributed by atoms with Crippen molar-refractivity contribution >= 4 is 12.1 Å². The lowest BCUT2D eigenvalue weighted by Crippen LogP contribution is -2.54. The molecular formula is C22H31F2NO7. The van der Waals surface area contributed by atoms with Crippen molar-refractivity contribution in [3.63, 3.8) is 0 Å². The second kappa shape index (κ2) is 13.0. The zero-order valence-corrected chi connectivity index (χ0v) is 19.0. The number of carbonyl (C=O) groups is 2. The molecule has 0 fully saturated rings. The Morgan fingerprint density at radius 2 is 1.72 bits per heavy atom. The van der Waals surface area contributed by atoms with Gasteiger partial charge in [-0.25, -0.2) is 9.59 Å². The molecule has 0 aliphatic heterocycles. The van der Waals surface area contributed by atoms with E-state index in [9.17, 15) is 9.59 Å². The lowest BCUT2D eigenvalue weighted by atomic mass is 9.93. The first kappa shape index (κ1) is 27.3. The normalized spacial score (nSPS) is 13.3. The Morgan fingerprint density at radius 1 is 1.06 bits per heavy atom. The predicted molar refractivity (Wildman–Crippen MR) is 112 cm³/mol. The highest BCUT2D eigenvalue weighted by Crippen LogP contribution is 2.33. The highest BCUT2D eigenvalue weighted by molar-refractivity contribution is 5.83. The van der Waals surface area contributed by atoms with Crippen molar-refractivity contribution in [1.82, 2.24) is 5.32 Å². The van der Waals surface area contributed by atoms with E-state index in [0.717, 1.165) is 13.2 Å². The van der Waals surface area contributed by atoms with Crippen LogP contribution in [0.4, 0.5) is 13.6 Å². The fraction of sp³-hybridized carbons (Fsp3) is 0.545. The highest BCUT2D eigenvalue weighted by Gasteiger charge is 2.51. The molecule has 8 nitrogen and oxygen atoms in total. The molecule has 1 aromatic carbocycles. The van der Waals surface area contributed by atoms with E-state index < -0.39 is 42.0 Å². The van der Waals surface area contributed by atoms with Gasteiger partial charge < -0.3 is 29.0 Å². The second-order valence-corrected chi connectivity index (χ2v) is 7.82. The number of halogens is 2. The van der Waals surface area contributed by atoms with Gasteiger partial charge >= 0.3 is 18.0 Å². The number of rotatable bonds is 12. The maximum absolute atomic E-state index is 15.4. The minimum absolute atomic E-state index is 0.120. The van der Waals surface area contributed by atoms with Crippen LogP contribution in [-0.2, 0) is 35.1 Å². The average Bonchev–Trinajstić information content (AvgIpc) is 2.74. The number of alkyl halides is 2. The summed E-state index contributed by atoms with van der Waals surface area (Å²) in [5.74, 6) is -6.17. The van der Waals surface area contributed by atoms with Crippen LogP contribution >= 0.6 is 0 Å². The Balaban J connectivity index is 3.00. The number of allylic oxidation sites excluding steroid dienone is 1. The summed E-state index contributed by atoms with van der Waals surface area (Å²) in [6.07, 6.45) is -0.0602. The number of amides is 1. The lowest BCUT2D eigenvalue weighted by molar-refractivity contribution is -0.157. The van der Waals surface area contributed by atoms with Gasteiger partial charge in [-0.2, -0.15) is 8.78 Å². The summed E-state index contributed by atoms with van der Waals surface area (Å²) in [5, 5.41) is 1.89. The predicted octanol–water partition coefficient (Wildman–Crippen LogP) is 3.66. The van der Waals surface area contributed by atoms with Crippen molar-refractivity contribution < 1.29 is 42.1 Å².